The van der Waals surface area contributed by atoms with E-state index in [4.69, 9.17) is 17.5 Å². The third kappa shape index (κ3) is 13.8. The topological polar surface area (TPSA) is 106 Å². The second kappa shape index (κ2) is 9.05. The SMILES string of the molecule is CC[N+](CC)(CC)CC.O.O=S(=O)(O)O. The van der Waals surface area contributed by atoms with Gasteiger partial charge in [0.25, 0.3) is 0 Å². The summed E-state index contributed by atoms with van der Waals surface area (Å²) in [6.45, 7) is 14.2. The first kappa shape index (κ1) is 20.2. The van der Waals surface area contributed by atoms with E-state index < -0.39 is 10.4 Å². The second-order valence-corrected chi connectivity index (χ2v) is 3.95. The molecule has 0 aliphatic heterocycles. The van der Waals surface area contributed by atoms with E-state index in [2.05, 4.69) is 27.7 Å². The zero-order chi connectivity index (χ0) is 11.8. The van der Waals surface area contributed by atoms with E-state index in [1.807, 2.05) is 0 Å². The molecule has 0 saturated carbocycles. The van der Waals surface area contributed by atoms with Crippen LogP contribution in [0, 0.1) is 0 Å². The number of hydrogen-bond donors (Lipinski definition) is 2. The smallest absolute Gasteiger partial charge is 0.394 e. The highest BCUT2D eigenvalue weighted by Crippen LogP contribution is 2.03. The molecule has 6 nitrogen and oxygen atoms in total. The molecule has 96 valence electrons. The molecule has 0 unspecified atom stereocenters. The van der Waals surface area contributed by atoms with Gasteiger partial charge >= 0.3 is 10.4 Å². The first-order valence-electron chi connectivity index (χ1n) is 4.79. The normalized spacial score (nSPS) is 11.1. The zero-order valence-corrected chi connectivity index (χ0v) is 10.7. The fourth-order valence-electron chi connectivity index (χ4n) is 1.34. The van der Waals surface area contributed by atoms with E-state index in [-0.39, 0.29) is 5.48 Å². The summed E-state index contributed by atoms with van der Waals surface area (Å²) in [5.41, 5.74) is 0. The molecule has 0 atom stereocenters. The summed E-state index contributed by atoms with van der Waals surface area (Å²) in [6.07, 6.45) is 0. The Labute approximate surface area is 92.4 Å². The number of nitrogens with zero attached hydrogens (tertiary/aromatic N) is 1. The Hall–Kier alpha value is -0.210. The lowest BCUT2D eigenvalue weighted by molar-refractivity contribution is -0.921. The van der Waals surface area contributed by atoms with Crippen molar-refractivity contribution < 1.29 is 27.5 Å². The Kier molecular flexibility index (Phi) is 12.2. The van der Waals surface area contributed by atoms with Crippen LogP contribution in [0.3, 0.4) is 0 Å². The summed E-state index contributed by atoms with van der Waals surface area (Å²) in [6, 6.07) is 0. The predicted molar refractivity (Wildman–Crippen MR) is 60.2 cm³/mol. The van der Waals surface area contributed by atoms with Gasteiger partial charge in [-0.25, -0.2) is 0 Å². The highest BCUT2D eigenvalue weighted by molar-refractivity contribution is 7.79. The molecule has 7 heteroatoms. The third-order valence-electron chi connectivity index (χ3n) is 2.68. The van der Waals surface area contributed by atoms with Gasteiger partial charge in [-0.3, -0.25) is 9.11 Å². The molecule has 0 heterocycles. The van der Waals surface area contributed by atoms with E-state index in [1.54, 1.807) is 0 Å². The van der Waals surface area contributed by atoms with Crippen molar-refractivity contribution in [1.82, 2.24) is 0 Å². The van der Waals surface area contributed by atoms with Crippen molar-refractivity contribution >= 4 is 10.4 Å². The number of hydrogen-bond acceptors (Lipinski definition) is 2. The number of quaternary nitrogens is 1. The molecule has 0 aliphatic rings. The minimum atomic E-state index is -4.67. The summed E-state index contributed by atoms with van der Waals surface area (Å²) in [4.78, 5) is 0. The molecule has 4 N–H and O–H groups in total. The maximum atomic E-state index is 8.74. The fraction of sp³-hybridized carbons (Fsp3) is 1.00. The molecule has 0 fully saturated rings. The molecular formula is C8H24NO5S+. The third-order valence-corrected chi connectivity index (χ3v) is 2.68. The molecular weight excluding hydrogens is 222 g/mol. The zero-order valence-electron chi connectivity index (χ0n) is 9.89. The van der Waals surface area contributed by atoms with Crippen LogP contribution in [0.5, 0.6) is 0 Å². The first-order valence-corrected chi connectivity index (χ1v) is 6.19. The average Bonchev–Trinajstić information content (AvgIpc) is 2.07. The summed E-state index contributed by atoms with van der Waals surface area (Å²) < 4.78 is 32.9. The van der Waals surface area contributed by atoms with Crippen molar-refractivity contribution in [2.75, 3.05) is 26.2 Å². The maximum Gasteiger partial charge on any atom is 0.394 e. The van der Waals surface area contributed by atoms with Gasteiger partial charge < -0.3 is 9.96 Å². The van der Waals surface area contributed by atoms with Gasteiger partial charge in [0.1, 0.15) is 0 Å². The van der Waals surface area contributed by atoms with Crippen LogP contribution in [0.25, 0.3) is 0 Å². The van der Waals surface area contributed by atoms with Crippen molar-refractivity contribution in [1.29, 1.82) is 0 Å². The molecule has 0 bridgehead atoms. The average molecular weight is 246 g/mol. The molecule has 0 amide bonds. The summed E-state index contributed by atoms with van der Waals surface area (Å²) >= 11 is 0. The predicted octanol–water partition coefficient (Wildman–Crippen LogP) is 0.405. The van der Waals surface area contributed by atoms with Gasteiger partial charge in [-0.15, -0.1) is 0 Å². The Balaban J connectivity index is -0.000000208. The van der Waals surface area contributed by atoms with Crippen molar-refractivity contribution in [2.45, 2.75) is 27.7 Å². The van der Waals surface area contributed by atoms with E-state index in [1.165, 1.54) is 30.7 Å². The van der Waals surface area contributed by atoms with Crippen molar-refractivity contribution in [3.63, 3.8) is 0 Å². The number of rotatable bonds is 4. The highest BCUT2D eigenvalue weighted by Gasteiger charge is 2.16. The fourth-order valence-corrected chi connectivity index (χ4v) is 1.34. The van der Waals surface area contributed by atoms with E-state index >= 15 is 0 Å². The Morgan fingerprint density at radius 3 is 1.00 bits per heavy atom. The van der Waals surface area contributed by atoms with Gasteiger partial charge in [0.2, 0.25) is 0 Å². The lowest BCUT2D eigenvalue weighted by Gasteiger charge is -2.34. The van der Waals surface area contributed by atoms with Crippen molar-refractivity contribution in [3.8, 4) is 0 Å². The van der Waals surface area contributed by atoms with Crippen molar-refractivity contribution in [3.05, 3.63) is 0 Å². The van der Waals surface area contributed by atoms with Crippen LogP contribution in [-0.2, 0) is 10.4 Å². The Bertz CT molecular complexity index is 198. The maximum absolute atomic E-state index is 8.74. The van der Waals surface area contributed by atoms with E-state index in [0.29, 0.717) is 0 Å². The van der Waals surface area contributed by atoms with Gasteiger partial charge in [0.05, 0.1) is 26.2 Å². The molecule has 0 aliphatic carbocycles. The molecule has 0 aromatic carbocycles. The Morgan fingerprint density at radius 1 is 0.867 bits per heavy atom. The van der Waals surface area contributed by atoms with Crippen LogP contribution in [0.4, 0.5) is 0 Å². The quantitative estimate of drug-likeness (QED) is 0.553. The van der Waals surface area contributed by atoms with Gasteiger partial charge in [0, 0.05) is 0 Å². The lowest BCUT2D eigenvalue weighted by Crippen LogP contribution is -2.47. The molecule has 0 saturated heterocycles. The van der Waals surface area contributed by atoms with Crippen LogP contribution in [0.2, 0.25) is 0 Å². The Morgan fingerprint density at radius 2 is 1.00 bits per heavy atom. The minimum absolute atomic E-state index is 0. The van der Waals surface area contributed by atoms with Gasteiger partial charge in [0.15, 0.2) is 0 Å². The molecule has 0 rings (SSSR count). The lowest BCUT2D eigenvalue weighted by atomic mass is 10.3. The monoisotopic (exact) mass is 246 g/mol. The first-order chi connectivity index (χ1) is 6.24. The van der Waals surface area contributed by atoms with Crippen LogP contribution < -0.4 is 0 Å². The van der Waals surface area contributed by atoms with Crippen molar-refractivity contribution in [2.24, 2.45) is 0 Å². The second-order valence-electron chi connectivity index (χ2n) is 3.05. The molecule has 0 radical (unpaired) electrons. The van der Waals surface area contributed by atoms with Crippen LogP contribution in [-0.4, -0.2) is 53.7 Å². The highest BCUT2D eigenvalue weighted by atomic mass is 32.3. The largest absolute Gasteiger partial charge is 0.412 e. The molecule has 0 aromatic rings. The molecule has 15 heavy (non-hydrogen) atoms. The van der Waals surface area contributed by atoms with Crippen LogP contribution in [0.15, 0.2) is 0 Å². The summed E-state index contributed by atoms with van der Waals surface area (Å²) in [7, 11) is -4.67. The van der Waals surface area contributed by atoms with Gasteiger partial charge in [-0.05, 0) is 27.7 Å². The summed E-state index contributed by atoms with van der Waals surface area (Å²) in [5.74, 6) is 0. The van der Waals surface area contributed by atoms with Gasteiger partial charge in [-0.2, -0.15) is 8.42 Å². The molecule has 0 aromatic heterocycles. The van der Waals surface area contributed by atoms with Crippen LogP contribution in [0.1, 0.15) is 27.7 Å². The van der Waals surface area contributed by atoms with E-state index in [0.717, 1.165) is 0 Å². The standard InChI is InChI=1S/C8H20N.H2O4S.H2O/c1-5-9(6-2,7-3)8-4;1-5(2,3)4;/h5-8H2,1-4H3;(H2,1,2,3,4);1H2/q+1;;. The van der Waals surface area contributed by atoms with E-state index in [9.17, 15) is 0 Å². The minimum Gasteiger partial charge on any atom is -0.412 e. The van der Waals surface area contributed by atoms with Gasteiger partial charge in [-0.1, -0.05) is 0 Å². The molecule has 0 spiro atoms. The van der Waals surface area contributed by atoms with Crippen LogP contribution >= 0.6 is 0 Å². The summed E-state index contributed by atoms with van der Waals surface area (Å²) in [5, 5.41) is 0.